The summed E-state index contributed by atoms with van der Waals surface area (Å²) in [7, 11) is 0. The van der Waals surface area contributed by atoms with Crippen molar-refractivity contribution < 1.29 is 14.7 Å². The van der Waals surface area contributed by atoms with Gasteiger partial charge in [-0.15, -0.1) is 0 Å². The van der Waals surface area contributed by atoms with Gasteiger partial charge >= 0.3 is 5.97 Å². The van der Waals surface area contributed by atoms with Crippen LogP contribution in [0.1, 0.15) is 25.3 Å². The van der Waals surface area contributed by atoms with Crippen molar-refractivity contribution in [3.05, 3.63) is 35.9 Å². The number of carboxylic acid groups (broad SMARTS) is 1. The van der Waals surface area contributed by atoms with E-state index in [-0.39, 0.29) is 5.92 Å². The van der Waals surface area contributed by atoms with Crippen LogP contribution in [0.3, 0.4) is 0 Å². The summed E-state index contributed by atoms with van der Waals surface area (Å²) in [5, 5.41) is 11.8. The van der Waals surface area contributed by atoms with E-state index in [4.69, 9.17) is 5.73 Å². The van der Waals surface area contributed by atoms with Crippen LogP contribution in [-0.4, -0.2) is 22.5 Å². The first-order chi connectivity index (χ1) is 9.41. The first-order valence-corrected chi connectivity index (χ1v) is 6.51. The van der Waals surface area contributed by atoms with Gasteiger partial charge in [-0.3, -0.25) is 4.79 Å². The zero-order valence-electron chi connectivity index (χ0n) is 11.3. The van der Waals surface area contributed by atoms with Crippen LogP contribution >= 0.6 is 0 Å². The van der Waals surface area contributed by atoms with Crippen LogP contribution in [0.5, 0.6) is 0 Å². The molecular weight excluding hydrogens is 256 g/mol. The van der Waals surface area contributed by atoms with Crippen LogP contribution in [0.2, 0.25) is 0 Å². The molecule has 1 fully saturated rings. The van der Waals surface area contributed by atoms with Crippen LogP contribution in [-0.2, 0) is 9.59 Å². The molecule has 0 saturated heterocycles. The third-order valence-corrected chi connectivity index (χ3v) is 3.56. The molecule has 1 aliphatic rings. The van der Waals surface area contributed by atoms with E-state index >= 15 is 0 Å². The number of nitrogens with one attached hydrogen (secondary N) is 1. The Kier molecular flexibility index (Phi) is 3.79. The van der Waals surface area contributed by atoms with Gasteiger partial charge in [0.25, 0.3) is 0 Å². The monoisotopic (exact) mass is 274 g/mol. The minimum Gasteiger partial charge on any atom is -0.480 e. The lowest BCUT2D eigenvalue weighted by molar-refractivity contribution is -0.147. The van der Waals surface area contributed by atoms with Gasteiger partial charge in [0.15, 0.2) is 0 Å². The second kappa shape index (κ2) is 5.36. The fourth-order valence-corrected chi connectivity index (χ4v) is 2.12. The Labute approximate surface area is 117 Å². The molecule has 0 aliphatic heterocycles. The van der Waals surface area contributed by atoms with Crippen molar-refractivity contribution in [3.8, 4) is 0 Å². The molecule has 1 aliphatic carbocycles. The van der Waals surface area contributed by atoms with E-state index < -0.39 is 17.4 Å². The number of amides is 1. The van der Waals surface area contributed by atoms with E-state index in [0.717, 1.165) is 18.4 Å². The average Bonchev–Trinajstić information content (AvgIpc) is 3.20. The lowest BCUT2D eigenvalue weighted by atomic mass is 9.96. The van der Waals surface area contributed by atoms with Crippen LogP contribution in [0.4, 0.5) is 5.69 Å². The molecule has 0 aromatic heterocycles. The standard InChI is InChI=1S/C15H18N2O3/c1-15(14(19)20,11-6-7-11)17-13(18)8-5-10-3-2-4-12(16)9-10/h2-5,8-9,11H,6-7,16H2,1H3,(H,17,18)(H,19,20)/b8-5+. The van der Waals surface area contributed by atoms with Crippen LogP contribution in [0.25, 0.3) is 6.08 Å². The van der Waals surface area contributed by atoms with Crippen molar-refractivity contribution in [2.45, 2.75) is 25.3 Å². The average molecular weight is 274 g/mol. The summed E-state index contributed by atoms with van der Waals surface area (Å²) in [5.41, 5.74) is 5.87. The highest BCUT2D eigenvalue weighted by Crippen LogP contribution is 2.39. The molecule has 1 saturated carbocycles. The molecule has 0 bridgehead atoms. The van der Waals surface area contributed by atoms with Crippen molar-refractivity contribution in [1.29, 1.82) is 0 Å². The van der Waals surface area contributed by atoms with E-state index in [1.807, 2.05) is 6.07 Å². The zero-order chi connectivity index (χ0) is 14.8. The van der Waals surface area contributed by atoms with Gasteiger partial charge in [0.05, 0.1) is 0 Å². The summed E-state index contributed by atoms with van der Waals surface area (Å²) in [6.07, 6.45) is 4.61. The number of carboxylic acids is 1. The number of rotatable bonds is 5. The molecule has 0 heterocycles. The van der Waals surface area contributed by atoms with Gasteiger partial charge in [0.1, 0.15) is 5.54 Å². The molecule has 1 atom stereocenters. The van der Waals surface area contributed by atoms with E-state index in [9.17, 15) is 14.7 Å². The highest BCUT2D eigenvalue weighted by atomic mass is 16.4. The van der Waals surface area contributed by atoms with Gasteiger partial charge in [-0.1, -0.05) is 12.1 Å². The Morgan fingerprint density at radius 2 is 2.15 bits per heavy atom. The number of nitrogens with two attached hydrogens (primary N) is 1. The molecule has 0 radical (unpaired) electrons. The predicted octanol–water partition coefficient (Wildman–Crippen LogP) is 1.65. The van der Waals surface area contributed by atoms with Gasteiger partial charge < -0.3 is 16.2 Å². The summed E-state index contributed by atoms with van der Waals surface area (Å²) in [4.78, 5) is 23.2. The highest BCUT2D eigenvalue weighted by Gasteiger charge is 2.48. The summed E-state index contributed by atoms with van der Waals surface area (Å²) in [6, 6.07) is 7.10. The van der Waals surface area contributed by atoms with Crippen molar-refractivity contribution in [1.82, 2.24) is 5.32 Å². The molecule has 1 aromatic rings. The Balaban J connectivity index is 2.03. The second-order valence-electron chi connectivity index (χ2n) is 5.27. The van der Waals surface area contributed by atoms with Gasteiger partial charge in [-0.25, -0.2) is 4.79 Å². The third-order valence-electron chi connectivity index (χ3n) is 3.56. The third kappa shape index (κ3) is 3.17. The maximum Gasteiger partial charge on any atom is 0.329 e. The summed E-state index contributed by atoms with van der Waals surface area (Å²) in [6.45, 7) is 1.55. The fourth-order valence-electron chi connectivity index (χ4n) is 2.12. The van der Waals surface area contributed by atoms with Gasteiger partial charge in [-0.05, 0) is 49.5 Å². The quantitative estimate of drug-likeness (QED) is 0.562. The Morgan fingerprint density at radius 1 is 1.45 bits per heavy atom. The van der Waals surface area contributed by atoms with Crippen LogP contribution < -0.4 is 11.1 Å². The molecule has 20 heavy (non-hydrogen) atoms. The normalized spacial score (nSPS) is 17.6. The van der Waals surface area contributed by atoms with Crippen molar-refractivity contribution in [2.75, 3.05) is 5.73 Å². The molecule has 1 unspecified atom stereocenters. The molecule has 0 spiro atoms. The van der Waals surface area contributed by atoms with Crippen molar-refractivity contribution in [2.24, 2.45) is 5.92 Å². The van der Waals surface area contributed by atoms with Crippen LogP contribution in [0.15, 0.2) is 30.3 Å². The number of carbonyl (C=O) groups is 2. The summed E-state index contributed by atoms with van der Waals surface area (Å²) in [5.74, 6) is -1.39. The zero-order valence-corrected chi connectivity index (χ0v) is 11.3. The topological polar surface area (TPSA) is 92.4 Å². The summed E-state index contributed by atoms with van der Waals surface area (Å²) < 4.78 is 0. The van der Waals surface area contributed by atoms with Gasteiger partial charge in [-0.2, -0.15) is 0 Å². The number of nitrogen functional groups attached to an aromatic ring is 1. The van der Waals surface area contributed by atoms with E-state index in [1.54, 1.807) is 31.2 Å². The largest absolute Gasteiger partial charge is 0.480 e. The van der Waals surface area contributed by atoms with E-state index in [1.165, 1.54) is 6.08 Å². The van der Waals surface area contributed by atoms with E-state index in [2.05, 4.69) is 5.32 Å². The Bertz CT molecular complexity index is 564. The lowest BCUT2D eigenvalue weighted by Gasteiger charge is -2.25. The lowest BCUT2D eigenvalue weighted by Crippen LogP contribution is -2.53. The number of hydrogen-bond donors (Lipinski definition) is 3. The SMILES string of the molecule is CC(NC(=O)/C=C/c1cccc(N)c1)(C(=O)O)C1CC1. The molecule has 1 amide bonds. The minimum atomic E-state index is -1.18. The number of hydrogen-bond acceptors (Lipinski definition) is 3. The summed E-state index contributed by atoms with van der Waals surface area (Å²) >= 11 is 0. The van der Waals surface area contributed by atoms with Crippen molar-refractivity contribution in [3.63, 3.8) is 0 Å². The fraction of sp³-hybridized carbons (Fsp3) is 0.333. The van der Waals surface area contributed by atoms with Gasteiger partial charge in [0.2, 0.25) is 5.91 Å². The second-order valence-corrected chi connectivity index (χ2v) is 5.27. The minimum absolute atomic E-state index is 0.0183. The Hall–Kier alpha value is -2.30. The first-order valence-electron chi connectivity index (χ1n) is 6.51. The van der Waals surface area contributed by atoms with Crippen LogP contribution in [0, 0.1) is 5.92 Å². The number of carbonyl (C=O) groups excluding carboxylic acids is 1. The maximum atomic E-state index is 11.9. The molecule has 4 N–H and O–H groups in total. The molecule has 106 valence electrons. The maximum absolute atomic E-state index is 11.9. The number of benzene rings is 1. The number of anilines is 1. The molecule has 1 aromatic carbocycles. The predicted molar refractivity (Wildman–Crippen MR) is 76.8 cm³/mol. The Morgan fingerprint density at radius 3 is 2.70 bits per heavy atom. The molecule has 2 rings (SSSR count). The highest BCUT2D eigenvalue weighted by molar-refractivity contribution is 5.96. The first kappa shape index (κ1) is 14.1. The smallest absolute Gasteiger partial charge is 0.329 e. The van der Waals surface area contributed by atoms with E-state index in [0.29, 0.717) is 5.69 Å². The molecule has 5 nitrogen and oxygen atoms in total. The molecular formula is C15H18N2O3. The number of aliphatic carboxylic acids is 1. The van der Waals surface area contributed by atoms with Gasteiger partial charge in [0, 0.05) is 11.8 Å². The van der Waals surface area contributed by atoms with Crippen molar-refractivity contribution >= 4 is 23.6 Å². The molecule has 5 heteroatoms.